The highest BCUT2D eigenvalue weighted by molar-refractivity contribution is 5.85. The maximum absolute atomic E-state index is 11.9. The maximum Gasteiger partial charge on any atom is 0.237 e. The molecule has 1 rings (SSSR count). The Kier molecular flexibility index (Phi) is 4.08. The summed E-state index contributed by atoms with van der Waals surface area (Å²) in [7, 11) is 1.61. The van der Waals surface area contributed by atoms with E-state index in [9.17, 15) is 9.59 Å². The van der Waals surface area contributed by atoms with Gasteiger partial charge in [-0.1, -0.05) is 6.42 Å². The Labute approximate surface area is 89.8 Å². The van der Waals surface area contributed by atoms with Gasteiger partial charge in [0.25, 0.3) is 0 Å². The lowest BCUT2D eigenvalue weighted by Crippen LogP contribution is -2.41. The number of rotatable bonds is 4. The van der Waals surface area contributed by atoms with Crippen LogP contribution in [0.3, 0.4) is 0 Å². The SMILES string of the molecule is CN(CC(N)=O)C(=O)C1CCCC1CN. The van der Waals surface area contributed by atoms with Crippen molar-refractivity contribution in [1.29, 1.82) is 0 Å². The third kappa shape index (κ3) is 2.92. The first-order chi connectivity index (χ1) is 7.06. The lowest BCUT2D eigenvalue weighted by molar-refractivity contribution is -0.138. The van der Waals surface area contributed by atoms with Crippen molar-refractivity contribution < 1.29 is 9.59 Å². The van der Waals surface area contributed by atoms with Gasteiger partial charge < -0.3 is 16.4 Å². The number of carbonyl (C=O) groups is 2. The summed E-state index contributed by atoms with van der Waals surface area (Å²) in [5.74, 6) is -0.220. The molecule has 0 saturated heterocycles. The van der Waals surface area contributed by atoms with Gasteiger partial charge in [0.2, 0.25) is 11.8 Å². The Bertz CT molecular complexity index is 255. The number of nitrogens with zero attached hydrogens (tertiary/aromatic N) is 1. The molecule has 0 aromatic carbocycles. The monoisotopic (exact) mass is 213 g/mol. The summed E-state index contributed by atoms with van der Waals surface area (Å²) in [4.78, 5) is 24.0. The van der Waals surface area contributed by atoms with E-state index in [2.05, 4.69) is 0 Å². The molecule has 2 unspecified atom stereocenters. The maximum atomic E-state index is 11.9. The summed E-state index contributed by atoms with van der Waals surface area (Å²) in [6, 6.07) is 0. The van der Waals surface area contributed by atoms with E-state index in [-0.39, 0.29) is 24.3 Å². The molecule has 0 bridgehead atoms. The molecule has 86 valence electrons. The van der Waals surface area contributed by atoms with E-state index in [4.69, 9.17) is 11.5 Å². The number of likely N-dealkylation sites (N-methyl/N-ethyl adjacent to an activating group) is 1. The molecule has 1 aliphatic rings. The van der Waals surface area contributed by atoms with Crippen molar-refractivity contribution in [2.75, 3.05) is 20.1 Å². The normalized spacial score (nSPS) is 25.2. The number of amides is 2. The average molecular weight is 213 g/mol. The summed E-state index contributed by atoms with van der Waals surface area (Å²) in [6.07, 6.45) is 2.93. The lowest BCUT2D eigenvalue weighted by atomic mass is 9.95. The number of primary amides is 1. The van der Waals surface area contributed by atoms with Gasteiger partial charge in [-0.3, -0.25) is 9.59 Å². The Morgan fingerprint density at radius 2 is 2.07 bits per heavy atom. The molecular formula is C10H19N3O2. The number of nitrogens with two attached hydrogens (primary N) is 2. The second-order valence-electron chi connectivity index (χ2n) is 4.19. The van der Waals surface area contributed by atoms with Gasteiger partial charge in [0.05, 0.1) is 6.54 Å². The Morgan fingerprint density at radius 1 is 1.40 bits per heavy atom. The average Bonchev–Trinajstić information content (AvgIpc) is 2.62. The molecule has 5 nitrogen and oxygen atoms in total. The predicted molar refractivity (Wildman–Crippen MR) is 56.7 cm³/mol. The molecule has 15 heavy (non-hydrogen) atoms. The molecule has 4 N–H and O–H groups in total. The standard InChI is InChI=1S/C10H19N3O2/c1-13(6-9(12)14)10(15)8-4-2-3-7(8)5-11/h7-8H,2-6,11H2,1H3,(H2,12,14). The van der Waals surface area contributed by atoms with Crippen LogP contribution in [0.25, 0.3) is 0 Å². The van der Waals surface area contributed by atoms with E-state index in [1.54, 1.807) is 7.05 Å². The number of hydrogen-bond acceptors (Lipinski definition) is 3. The van der Waals surface area contributed by atoms with Crippen molar-refractivity contribution in [3.8, 4) is 0 Å². The fraction of sp³-hybridized carbons (Fsp3) is 0.800. The Hall–Kier alpha value is -1.10. The van der Waals surface area contributed by atoms with E-state index in [0.717, 1.165) is 19.3 Å². The van der Waals surface area contributed by atoms with E-state index >= 15 is 0 Å². The van der Waals surface area contributed by atoms with Crippen LogP contribution >= 0.6 is 0 Å². The topological polar surface area (TPSA) is 89.4 Å². The zero-order chi connectivity index (χ0) is 11.4. The molecule has 0 aliphatic heterocycles. The summed E-state index contributed by atoms with van der Waals surface area (Å²) >= 11 is 0. The Balaban J connectivity index is 2.55. The predicted octanol–water partition coefficient (Wildman–Crippen LogP) is -0.695. The van der Waals surface area contributed by atoms with Crippen LogP contribution in [0.5, 0.6) is 0 Å². The molecule has 2 atom stereocenters. The van der Waals surface area contributed by atoms with Crippen molar-refractivity contribution in [2.45, 2.75) is 19.3 Å². The molecule has 0 spiro atoms. The molecule has 0 heterocycles. The molecule has 0 aromatic heterocycles. The minimum absolute atomic E-state index is 0.00162. The van der Waals surface area contributed by atoms with E-state index in [1.165, 1.54) is 4.90 Å². The van der Waals surface area contributed by atoms with Crippen LogP contribution in [-0.2, 0) is 9.59 Å². The number of hydrogen-bond donors (Lipinski definition) is 2. The quantitative estimate of drug-likeness (QED) is 0.647. The second kappa shape index (κ2) is 5.11. The van der Waals surface area contributed by atoms with Gasteiger partial charge in [-0.15, -0.1) is 0 Å². The molecule has 1 fully saturated rings. The van der Waals surface area contributed by atoms with Crippen LogP contribution in [0.1, 0.15) is 19.3 Å². The van der Waals surface area contributed by atoms with Gasteiger partial charge in [-0.25, -0.2) is 0 Å². The zero-order valence-corrected chi connectivity index (χ0v) is 9.11. The lowest BCUT2D eigenvalue weighted by Gasteiger charge is -2.23. The van der Waals surface area contributed by atoms with Crippen LogP contribution in [0.15, 0.2) is 0 Å². The van der Waals surface area contributed by atoms with Gasteiger partial charge in [0.15, 0.2) is 0 Å². The van der Waals surface area contributed by atoms with Gasteiger partial charge in [0.1, 0.15) is 0 Å². The fourth-order valence-corrected chi connectivity index (χ4v) is 2.24. The molecule has 0 aromatic rings. The fourth-order valence-electron chi connectivity index (χ4n) is 2.24. The molecule has 5 heteroatoms. The van der Waals surface area contributed by atoms with Crippen molar-refractivity contribution in [2.24, 2.45) is 23.3 Å². The third-order valence-electron chi connectivity index (χ3n) is 3.05. The third-order valence-corrected chi connectivity index (χ3v) is 3.05. The van der Waals surface area contributed by atoms with E-state index in [0.29, 0.717) is 6.54 Å². The molecular weight excluding hydrogens is 194 g/mol. The van der Waals surface area contributed by atoms with Crippen LogP contribution in [0.2, 0.25) is 0 Å². The van der Waals surface area contributed by atoms with Gasteiger partial charge in [0, 0.05) is 13.0 Å². The van der Waals surface area contributed by atoms with Gasteiger partial charge in [-0.05, 0) is 25.3 Å². The highest BCUT2D eigenvalue weighted by Crippen LogP contribution is 2.31. The van der Waals surface area contributed by atoms with Crippen LogP contribution < -0.4 is 11.5 Å². The summed E-state index contributed by atoms with van der Waals surface area (Å²) in [5.41, 5.74) is 10.6. The smallest absolute Gasteiger partial charge is 0.237 e. The van der Waals surface area contributed by atoms with Crippen molar-refractivity contribution in [3.63, 3.8) is 0 Å². The van der Waals surface area contributed by atoms with Crippen molar-refractivity contribution in [3.05, 3.63) is 0 Å². The first-order valence-corrected chi connectivity index (χ1v) is 5.29. The number of carbonyl (C=O) groups excluding carboxylic acids is 2. The van der Waals surface area contributed by atoms with Gasteiger partial charge in [-0.2, -0.15) is 0 Å². The zero-order valence-electron chi connectivity index (χ0n) is 9.11. The van der Waals surface area contributed by atoms with Crippen LogP contribution in [0.4, 0.5) is 0 Å². The van der Waals surface area contributed by atoms with Crippen LogP contribution in [-0.4, -0.2) is 36.9 Å². The minimum Gasteiger partial charge on any atom is -0.368 e. The first kappa shape index (κ1) is 12.0. The molecule has 1 saturated carbocycles. The highest BCUT2D eigenvalue weighted by atomic mass is 16.2. The van der Waals surface area contributed by atoms with E-state index in [1.807, 2.05) is 0 Å². The highest BCUT2D eigenvalue weighted by Gasteiger charge is 2.33. The van der Waals surface area contributed by atoms with Crippen molar-refractivity contribution >= 4 is 11.8 Å². The first-order valence-electron chi connectivity index (χ1n) is 5.29. The van der Waals surface area contributed by atoms with Crippen molar-refractivity contribution in [1.82, 2.24) is 4.90 Å². The van der Waals surface area contributed by atoms with Crippen LogP contribution in [0, 0.1) is 11.8 Å². The summed E-state index contributed by atoms with van der Waals surface area (Å²) < 4.78 is 0. The molecule has 1 aliphatic carbocycles. The minimum atomic E-state index is -0.479. The molecule has 0 radical (unpaired) electrons. The van der Waals surface area contributed by atoms with Gasteiger partial charge >= 0.3 is 0 Å². The summed E-state index contributed by atoms with van der Waals surface area (Å²) in [5, 5.41) is 0. The Morgan fingerprint density at radius 3 is 2.60 bits per heavy atom. The van der Waals surface area contributed by atoms with E-state index < -0.39 is 5.91 Å². The second-order valence-corrected chi connectivity index (χ2v) is 4.19. The largest absolute Gasteiger partial charge is 0.368 e. The summed E-state index contributed by atoms with van der Waals surface area (Å²) in [6.45, 7) is 0.535. The molecule has 2 amide bonds.